The molecule has 1 radical (unpaired) electrons. The fourth-order valence-corrected chi connectivity index (χ4v) is 5.89. The van der Waals surface area contributed by atoms with Gasteiger partial charge in [0.1, 0.15) is 16.7 Å². The summed E-state index contributed by atoms with van der Waals surface area (Å²) < 4.78 is 92.6. The van der Waals surface area contributed by atoms with Gasteiger partial charge < -0.3 is 18.8 Å². The van der Waals surface area contributed by atoms with Crippen LogP contribution in [0.1, 0.15) is 77.5 Å². The maximum absolute atomic E-state index is 8.83. The maximum atomic E-state index is 8.83. The van der Waals surface area contributed by atoms with E-state index in [9.17, 15) is 0 Å². The van der Waals surface area contributed by atoms with Crippen molar-refractivity contribution in [2.45, 2.75) is 68.0 Å². The van der Waals surface area contributed by atoms with Crippen LogP contribution in [0, 0.1) is 36.7 Å². The number of fused-ring (bicyclic) bond motifs is 6. The number of hydrogen-bond donors (Lipinski definition) is 0. The fraction of sp³-hybridized carbons (Fsp3) is 0.261. The molecule has 0 unspecified atom stereocenters. The van der Waals surface area contributed by atoms with Crippen molar-refractivity contribution in [1.82, 2.24) is 9.97 Å². The third-order valence-electron chi connectivity index (χ3n) is 7.97. The smallest absolute Gasteiger partial charge is 0.136 e. The van der Waals surface area contributed by atoms with E-state index in [-0.39, 0.29) is 36.8 Å². The van der Waals surface area contributed by atoms with Crippen LogP contribution in [-0.2, 0) is 32.9 Å². The summed E-state index contributed by atoms with van der Waals surface area (Å²) in [6.45, 7) is 6.15. The second-order valence-electron chi connectivity index (χ2n) is 14.4. The van der Waals surface area contributed by atoms with Gasteiger partial charge in [-0.05, 0) is 71.1 Å². The predicted octanol–water partition coefficient (Wildman–Crippen LogP) is 12.7. The molecule has 0 saturated carbocycles. The van der Waals surface area contributed by atoms with Crippen LogP contribution in [0.15, 0.2) is 106 Å². The Labute approximate surface area is 328 Å². The van der Waals surface area contributed by atoms with Crippen molar-refractivity contribution in [3.05, 3.63) is 132 Å². The Morgan fingerprint density at radius 3 is 2.12 bits per heavy atom. The molecule has 0 spiro atoms. The van der Waals surface area contributed by atoms with E-state index in [1.165, 1.54) is 24.5 Å². The van der Waals surface area contributed by atoms with E-state index in [1.54, 1.807) is 51.1 Å². The van der Waals surface area contributed by atoms with Crippen molar-refractivity contribution in [3.8, 4) is 22.5 Å². The third kappa shape index (κ3) is 8.01. The summed E-state index contributed by atoms with van der Waals surface area (Å²) in [4.78, 5) is 8.75. The molecular formula is C46H44IrN2O2-2. The number of rotatable bonds is 4. The molecule has 5 heteroatoms. The monoisotopic (exact) mass is 859 g/mol. The van der Waals surface area contributed by atoms with Crippen molar-refractivity contribution >= 4 is 43.9 Å². The molecule has 0 fully saturated rings. The number of aryl methyl sites for hydroxylation is 2. The number of hydrogen-bond acceptors (Lipinski definition) is 4. The van der Waals surface area contributed by atoms with Crippen molar-refractivity contribution in [2.24, 2.45) is 10.8 Å². The molecule has 0 saturated heterocycles. The van der Waals surface area contributed by atoms with Crippen molar-refractivity contribution in [1.29, 1.82) is 0 Å². The zero-order valence-electron chi connectivity index (χ0n) is 39.3. The van der Waals surface area contributed by atoms with Crippen molar-refractivity contribution in [2.75, 3.05) is 0 Å². The second-order valence-corrected chi connectivity index (χ2v) is 14.4. The molecule has 0 bridgehead atoms. The number of furan rings is 2. The van der Waals surface area contributed by atoms with Crippen LogP contribution in [0.3, 0.4) is 0 Å². The van der Waals surface area contributed by atoms with E-state index >= 15 is 0 Å². The molecule has 51 heavy (non-hydrogen) atoms. The minimum absolute atomic E-state index is 0. The normalized spacial score (nSPS) is 15.9. The molecule has 0 atom stereocenters. The minimum atomic E-state index is -2.51. The first-order valence-corrected chi connectivity index (χ1v) is 16.5. The standard InChI is InChI=1S/C29H24NO2.C17H20N.Ir/c1-17-16-30-24(12-18(17)15-29(2,3)4)21-10-7-9-20-23-14-26-22(13-27(23)32-28(20)21)19-8-5-6-11-25(19)31-26;1-13-5-8-15(9-6-13)16-10-7-14(12-18-16)11-17(2,3)4;/h5-9,11-14,16H,15H2,1-4H3;5-8,10,12H,11H2,1-4H3;/q2*-1;/i1D3,15D2;1D3,11D2;. The Morgan fingerprint density at radius 1 is 0.686 bits per heavy atom. The molecule has 0 aliphatic heterocycles. The van der Waals surface area contributed by atoms with Gasteiger partial charge in [-0.15, -0.1) is 53.6 Å². The number of aromatic nitrogens is 2. The van der Waals surface area contributed by atoms with Gasteiger partial charge in [-0.25, -0.2) is 0 Å². The van der Waals surface area contributed by atoms with Crippen molar-refractivity contribution < 1.29 is 42.6 Å². The first kappa shape index (κ1) is 25.4. The number of pyridine rings is 2. The zero-order chi connectivity index (χ0) is 43.8. The van der Waals surface area contributed by atoms with Crippen molar-refractivity contribution in [3.63, 3.8) is 0 Å². The molecule has 4 nitrogen and oxygen atoms in total. The number of para-hydroxylation sites is 1. The summed E-state index contributed by atoms with van der Waals surface area (Å²) in [5.41, 5.74) is 4.41. The molecule has 8 rings (SSSR count). The van der Waals surface area contributed by atoms with Gasteiger partial charge in [0, 0.05) is 62.4 Å². The van der Waals surface area contributed by atoms with E-state index in [1.807, 2.05) is 63.2 Å². The Morgan fingerprint density at radius 2 is 1.43 bits per heavy atom. The van der Waals surface area contributed by atoms with E-state index in [2.05, 4.69) is 22.1 Å². The summed E-state index contributed by atoms with van der Waals surface area (Å²) in [5.74, 6) is 0. The topological polar surface area (TPSA) is 52.1 Å². The number of benzene rings is 4. The largest absolute Gasteiger partial charge is 0.501 e. The molecule has 4 aromatic carbocycles. The average Bonchev–Trinajstić information content (AvgIpc) is 3.73. The summed E-state index contributed by atoms with van der Waals surface area (Å²) in [6.07, 6.45) is -0.628. The molecule has 0 N–H and O–H groups in total. The SMILES string of the molecule is [2H]C([2H])([2H])c1c[c-]c(-c2ccc(C([2H])([2H])C(C)(C)C)cn2)cc1.[2H]C([2H])([2H])c1cnc(-c2[c-]ccc3c2oc2cc4c(cc23)oc2ccccc24)cc1C([2H])([2H])C(C)(C)C.[Ir]. The summed E-state index contributed by atoms with van der Waals surface area (Å²) in [6, 6.07) is 31.2. The van der Waals surface area contributed by atoms with Gasteiger partial charge in [-0.3, -0.25) is 0 Å². The summed E-state index contributed by atoms with van der Waals surface area (Å²) in [7, 11) is 0. The molecule has 0 aliphatic rings. The van der Waals surface area contributed by atoms with E-state index < -0.39 is 37.3 Å². The summed E-state index contributed by atoms with van der Waals surface area (Å²) in [5, 5.41) is 3.67. The van der Waals surface area contributed by atoms with Crippen LogP contribution >= 0.6 is 0 Å². The van der Waals surface area contributed by atoms with Crippen LogP contribution in [0.4, 0.5) is 0 Å². The average molecular weight is 859 g/mol. The van der Waals surface area contributed by atoms with E-state index in [0.29, 0.717) is 39.2 Å². The van der Waals surface area contributed by atoms with Gasteiger partial charge in [-0.1, -0.05) is 101 Å². The Kier molecular flexibility index (Phi) is 7.08. The number of nitrogens with zero attached hydrogens (tertiary/aromatic N) is 2. The van der Waals surface area contributed by atoms with Gasteiger partial charge in [0.25, 0.3) is 0 Å². The van der Waals surface area contributed by atoms with E-state index in [4.69, 9.17) is 22.5 Å². The first-order valence-electron chi connectivity index (χ1n) is 21.5. The van der Waals surface area contributed by atoms with Crippen LogP contribution < -0.4 is 0 Å². The fourth-order valence-electron chi connectivity index (χ4n) is 5.89. The van der Waals surface area contributed by atoms with Gasteiger partial charge in [-0.2, -0.15) is 0 Å². The molecule has 4 aromatic heterocycles. The Balaban J connectivity index is 0.000000225. The molecule has 0 aliphatic carbocycles. The Hall–Kier alpha value is -4.57. The van der Waals surface area contributed by atoms with Gasteiger partial charge in [0.2, 0.25) is 0 Å². The minimum Gasteiger partial charge on any atom is -0.501 e. The first-order chi connectivity index (χ1) is 27.8. The second kappa shape index (κ2) is 14.2. The van der Waals surface area contributed by atoms with Gasteiger partial charge >= 0.3 is 0 Å². The van der Waals surface area contributed by atoms with Crippen LogP contribution in [-0.4, -0.2) is 9.97 Å². The van der Waals surface area contributed by atoms with Gasteiger partial charge in [0.15, 0.2) is 0 Å². The van der Waals surface area contributed by atoms with E-state index in [0.717, 1.165) is 32.7 Å². The Bertz CT molecular complexity index is 2860. The molecule has 8 aromatic rings. The molecule has 261 valence electrons. The summed E-state index contributed by atoms with van der Waals surface area (Å²) >= 11 is 0. The predicted molar refractivity (Wildman–Crippen MR) is 207 cm³/mol. The van der Waals surface area contributed by atoms with Crippen LogP contribution in [0.2, 0.25) is 0 Å². The quantitative estimate of drug-likeness (QED) is 0.165. The zero-order valence-corrected chi connectivity index (χ0v) is 31.7. The molecule has 0 amide bonds. The maximum Gasteiger partial charge on any atom is 0.136 e. The molecular weight excluding hydrogens is 805 g/mol. The van der Waals surface area contributed by atoms with Crippen LogP contribution in [0.25, 0.3) is 66.4 Å². The molecule has 4 heterocycles. The van der Waals surface area contributed by atoms with Gasteiger partial charge in [0.05, 0.1) is 5.58 Å². The van der Waals surface area contributed by atoms with Crippen LogP contribution in [0.5, 0.6) is 0 Å². The third-order valence-corrected chi connectivity index (χ3v) is 7.97.